The highest BCUT2D eigenvalue weighted by Crippen LogP contribution is 2.33. The van der Waals surface area contributed by atoms with Crippen LogP contribution in [0, 0.1) is 0 Å². The Morgan fingerprint density at radius 3 is 2.80 bits per heavy atom. The summed E-state index contributed by atoms with van der Waals surface area (Å²) >= 11 is 7.47. The fraction of sp³-hybridized carbons (Fsp3) is 0.316. The summed E-state index contributed by atoms with van der Waals surface area (Å²) in [5, 5.41) is 3.66. The number of halogens is 1. The van der Waals surface area contributed by atoms with Crippen molar-refractivity contribution in [3.63, 3.8) is 0 Å². The molecule has 1 N–H and O–H groups in total. The second-order valence-corrected chi connectivity index (χ2v) is 7.28. The summed E-state index contributed by atoms with van der Waals surface area (Å²) in [7, 11) is 0. The average Bonchev–Trinajstić information content (AvgIpc) is 2.84. The molecule has 1 aliphatic heterocycles. The lowest BCUT2D eigenvalue weighted by atomic mass is 10.1. The lowest BCUT2D eigenvalue weighted by Gasteiger charge is -2.15. The zero-order valence-corrected chi connectivity index (χ0v) is 15.5. The standard InChI is InChI=1S/C19H20ClNO3S/c1-13(14-4-2-5-15(20)10-14)21-19(22)12-25-16-6-7-17-18(11-16)24-9-3-8-23-17/h2,4-7,10-11,13H,3,8-9,12H2,1H3,(H,21,22)/t13-/m1/s1. The molecule has 132 valence electrons. The van der Waals surface area contributed by atoms with Gasteiger partial charge in [-0.2, -0.15) is 0 Å². The van der Waals surface area contributed by atoms with Crippen molar-refractivity contribution < 1.29 is 14.3 Å². The van der Waals surface area contributed by atoms with Crippen molar-refractivity contribution >= 4 is 29.3 Å². The first-order valence-corrected chi connectivity index (χ1v) is 9.55. The number of hydrogen-bond donors (Lipinski definition) is 1. The molecular weight excluding hydrogens is 358 g/mol. The Labute approximate surface area is 156 Å². The highest BCUT2D eigenvalue weighted by molar-refractivity contribution is 8.00. The van der Waals surface area contributed by atoms with E-state index in [2.05, 4.69) is 5.32 Å². The number of thioether (sulfide) groups is 1. The van der Waals surface area contributed by atoms with E-state index >= 15 is 0 Å². The molecule has 0 aromatic heterocycles. The van der Waals surface area contributed by atoms with Gasteiger partial charge in [0.05, 0.1) is 25.0 Å². The van der Waals surface area contributed by atoms with Gasteiger partial charge >= 0.3 is 0 Å². The predicted octanol–water partition coefficient (Wildman–Crippen LogP) is 4.47. The van der Waals surface area contributed by atoms with Crippen LogP contribution in [-0.2, 0) is 4.79 Å². The van der Waals surface area contributed by atoms with E-state index in [0.29, 0.717) is 24.0 Å². The van der Waals surface area contributed by atoms with Crippen LogP contribution < -0.4 is 14.8 Å². The fourth-order valence-electron chi connectivity index (χ4n) is 2.52. The highest BCUT2D eigenvalue weighted by Gasteiger charge is 2.13. The Morgan fingerprint density at radius 2 is 2.00 bits per heavy atom. The third kappa shape index (κ3) is 5.06. The fourth-order valence-corrected chi connectivity index (χ4v) is 3.46. The third-order valence-electron chi connectivity index (χ3n) is 3.82. The monoisotopic (exact) mass is 377 g/mol. The number of carbonyl (C=O) groups excluding carboxylic acids is 1. The summed E-state index contributed by atoms with van der Waals surface area (Å²) in [5.41, 5.74) is 0.987. The van der Waals surface area contributed by atoms with Crippen LogP contribution in [0.3, 0.4) is 0 Å². The molecule has 0 fully saturated rings. The molecule has 0 saturated carbocycles. The molecule has 4 nitrogen and oxygen atoms in total. The van der Waals surface area contributed by atoms with Gasteiger partial charge in [0.2, 0.25) is 5.91 Å². The van der Waals surface area contributed by atoms with Gasteiger partial charge in [0, 0.05) is 16.3 Å². The van der Waals surface area contributed by atoms with Crippen LogP contribution in [0.4, 0.5) is 0 Å². The van der Waals surface area contributed by atoms with Gasteiger partial charge in [0.15, 0.2) is 11.5 Å². The molecule has 0 spiro atoms. The van der Waals surface area contributed by atoms with Crippen LogP contribution in [0.5, 0.6) is 11.5 Å². The van der Waals surface area contributed by atoms with Crippen molar-refractivity contribution in [2.75, 3.05) is 19.0 Å². The van der Waals surface area contributed by atoms with E-state index in [9.17, 15) is 4.79 Å². The molecular formula is C19H20ClNO3S. The van der Waals surface area contributed by atoms with E-state index < -0.39 is 0 Å². The molecule has 2 aromatic carbocycles. The smallest absolute Gasteiger partial charge is 0.230 e. The number of carbonyl (C=O) groups is 1. The van der Waals surface area contributed by atoms with Gasteiger partial charge in [0.25, 0.3) is 0 Å². The first-order valence-electron chi connectivity index (χ1n) is 8.19. The summed E-state index contributed by atoms with van der Waals surface area (Å²) in [4.78, 5) is 13.2. The van der Waals surface area contributed by atoms with Crippen molar-refractivity contribution in [1.29, 1.82) is 0 Å². The van der Waals surface area contributed by atoms with Crippen LogP contribution in [0.2, 0.25) is 5.02 Å². The molecule has 0 radical (unpaired) electrons. The van der Waals surface area contributed by atoms with Crippen LogP contribution in [-0.4, -0.2) is 24.9 Å². The van der Waals surface area contributed by atoms with E-state index in [-0.39, 0.29) is 11.9 Å². The number of rotatable bonds is 5. The van der Waals surface area contributed by atoms with Crippen LogP contribution in [0.15, 0.2) is 47.4 Å². The van der Waals surface area contributed by atoms with Gasteiger partial charge in [-0.25, -0.2) is 0 Å². The molecule has 3 rings (SSSR count). The third-order valence-corrected chi connectivity index (χ3v) is 5.04. The number of hydrogen-bond acceptors (Lipinski definition) is 4. The number of fused-ring (bicyclic) bond motifs is 1. The second kappa shape index (κ2) is 8.50. The molecule has 0 aliphatic carbocycles. The molecule has 1 heterocycles. The van der Waals surface area contributed by atoms with Crippen LogP contribution in [0.25, 0.3) is 0 Å². The van der Waals surface area contributed by atoms with E-state index in [0.717, 1.165) is 28.4 Å². The summed E-state index contributed by atoms with van der Waals surface area (Å²) < 4.78 is 11.3. The number of ether oxygens (including phenoxy) is 2. The maximum Gasteiger partial charge on any atom is 0.230 e. The minimum absolute atomic E-state index is 0.0235. The van der Waals surface area contributed by atoms with E-state index in [1.165, 1.54) is 11.8 Å². The second-order valence-electron chi connectivity index (χ2n) is 5.79. The summed E-state index contributed by atoms with van der Waals surface area (Å²) in [6, 6.07) is 13.2. The van der Waals surface area contributed by atoms with Crippen molar-refractivity contribution in [2.45, 2.75) is 24.3 Å². The summed E-state index contributed by atoms with van der Waals surface area (Å²) in [6.07, 6.45) is 0.876. The van der Waals surface area contributed by atoms with Crippen molar-refractivity contribution in [3.8, 4) is 11.5 Å². The van der Waals surface area contributed by atoms with Crippen LogP contribution in [0.1, 0.15) is 24.9 Å². The Bertz CT molecular complexity index is 753. The van der Waals surface area contributed by atoms with Gasteiger partial charge < -0.3 is 14.8 Å². The Balaban J connectivity index is 1.54. The molecule has 1 atom stereocenters. The molecule has 6 heteroatoms. The summed E-state index contributed by atoms with van der Waals surface area (Å²) in [5.74, 6) is 1.82. The Kier molecular flexibility index (Phi) is 6.10. The van der Waals surface area contributed by atoms with Gasteiger partial charge in [-0.05, 0) is 42.8 Å². The molecule has 1 aliphatic rings. The number of nitrogens with one attached hydrogen (secondary N) is 1. The Morgan fingerprint density at radius 1 is 1.20 bits per heavy atom. The largest absolute Gasteiger partial charge is 0.490 e. The van der Waals surface area contributed by atoms with Crippen molar-refractivity contribution in [1.82, 2.24) is 5.32 Å². The van der Waals surface area contributed by atoms with Crippen molar-refractivity contribution in [3.05, 3.63) is 53.1 Å². The van der Waals surface area contributed by atoms with Crippen LogP contribution >= 0.6 is 23.4 Å². The van der Waals surface area contributed by atoms with Gasteiger partial charge in [0.1, 0.15) is 0 Å². The minimum atomic E-state index is -0.0874. The molecule has 0 unspecified atom stereocenters. The molecule has 0 saturated heterocycles. The normalized spacial score (nSPS) is 14.5. The minimum Gasteiger partial charge on any atom is -0.490 e. The zero-order valence-electron chi connectivity index (χ0n) is 14.0. The highest BCUT2D eigenvalue weighted by atomic mass is 35.5. The molecule has 1 amide bonds. The quantitative estimate of drug-likeness (QED) is 0.781. The molecule has 2 aromatic rings. The van der Waals surface area contributed by atoms with Gasteiger partial charge in [-0.15, -0.1) is 11.8 Å². The predicted molar refractivity (Wildman–Crippen MR) is 101 cm³/mol. The van der Waals surface area contributed by atoms with E-state index in [4.69, 9.17) is 21.1 Å². The summed E-state index contributed by atoms with van der Waals surface area (Å²) in [6.45, 7) is 3.27. The molecule has 25 heavy (non-hydrogen) atoms. The van der Waals surface area contributed by atoms with E-state index in [1.54, 1.807) is 0 Å². The van der Waals surface area contributed by atoms with Crippen molar-refractivity contribution in [2.24, 2.45) is 0 Å². The SMILES string of the molecule is C[C@@H](NC(=O)CSc1ccc2c(c1)OCCCO2)c1cccc(Cl)c1. The van der Waals surface area contributed by atoms with Gasteiger partial charge in [-0.3, -0.25) is 4.79 Å². The Hall–Kier alpha value is -1.85. The zero-order chi connectivity index (χ0) is 17.6. The molecule has 0 bridgehead atoms. The first kappa shape index (κ1) is 18.0. The maximum absolute atomic E-state index is 12.2. The average molecular weight is 378 g/mol. The lowest BCUT2D eigenvalue weighted by Crippen LogP contribution is -2.28. The number of amides is 1. The lowest BCUT2D eigenvalue weighted by molar-refractivity contribution is -0.119. The van der Waals surface area contributed by atoms with E-state index in [1.807, 2.05) is 49.4 Å². The maximum atomic E-state index is 12.2. The van der Waals surface area contributed by atoms with Gasteiger partial charge in [-0.1, -0.05) is 23.7 Å². The topological polar surface area (TPSA) is 47.6 Å². The number of benzene rings is 2. The first-order chi connectivity index (χ1) is 12.1.